The van der Waals surface area contributed by atoms with Gasteiger partial charge in [-0.1, -0.05) is 18.2 Å². The maximum atomic E-state index is 13.9. The molecule has 10 nitrogen and oxygen atoms in total. The number of rotatable bonds is 11. The molecule has 0 aliphatic heterocycles. The number of hydrogen-bond acceptors (Lipinski definition) is 8. The van der Waals surface area contributed by atoms with Crippen molar-refractivity contribution in [2.75, 3.05) is 27.9 Å². The maximum Gasteiger partial charge on any atom is 0.243 e. The van der Waals surface area contributed by atoms with Crippen LogP contribution in [0.2, 0.25) is 0 Å². The van der Waals surface area contributed by atoms with Crippen LogP contribution in [0, 0.1) is 6.92 Å². The van der Waals surface area contributed by atoms with Gasteiger partial charge >= 0.3 is 0 Å². The topological polar surface area (TPSA) is 109 Å². The summed E-state index contributed by atoms with van der Waals surface area (Å²) in [7, 11) is 0.881. The largest absolute Gasteiger partial charge is 0.497 e. The third kappa shape index (κ3) is 5.89. The minimum atomic E-state index is -3.85. The van der Waals surface area contributed by atoms with Crippen molar-refractivity contribution >= 4 is 10.0 Å². The highest BCUT2D eigenvalue weighted by Crippen LogP contribution is 2.29. The molecule has 37 heavy (non-hydrogen) atoms. The SMILES string of the molecule is COc1cccc(CN(CCc2ccc(OC)c(OC)c2)S(=O)(=O)c2ccc(-n3cnnn3)c(C)c2)c1. The average Bonchev–Trinajstić information content (AvgIpc) is 3.45. The van der Waals surface area contributed by atoms with Gasteiger partial charge in [0.1, 0.15) is 12.1 Å². The average molecular weight is 524 g/mol. The van der Waals surface area contributed by atoms with Gasteiger partial charge in [0, 0.05) is 13.1 Å². The number of sulfonamides is 1. The third-order valence-electron chi connectivity index (χ3n) is 5.99. The molecular weight excluding hydrogens is 494 g/mol. The van der Waals surface area contributed by atoms with Crippen molar-refractivity contribution in [2.45, 2.75) is 24.8 Å². The summed E-state index contributed by atoms with van der Waals surface area (Å²) in [6.07, 6.45) is 1.94. The first kappa shape index (κ1) is 26.1. The Morgan fingerprint density at radius 3 is 2.38 bits per heavy atom. The minimum Gasteiger partial charge on any atom is -0.497 e. The van der Waals surface area contributed by atoms with E-state index in [1.165, 1.54) is 15.3 Å². The van der Waals surface area contributed by atoms with Gasteiger partial charge in [0.25, 0.3) is 0 Å². The summed E-state index contributed by atoms with van der Waals surface area (Å²) in [6, 6.07) is 17.9. The molecule has 0 amide bonds. The van der Waals surface area contributed by atoms with Crippen LogP contribution in [-0.2, 0) is 23.0 Å². The van der Waals surface area contributed by atoms with Crippen molar-refractivity contribution < 1.29 is 22.6 Å². The van der Waals surface area contributed by atoms with E-state index in [1.807, 2.05) is 49.4 Å². The van der Waals surface area contributed by atoms with Gasteiger partial charge in [-0.2, -0.15) is 4.31 Å². The summed E-state index contributed by atoms with van der Waals surface area (Å²) in [5.41, 5.74) is 3.18. The lowest BCUT2D eigenvalue weighted by atomic mass is 10.1. The predicted octanol–water partition coefficient (Wildman–Crippen LogP) is 3.43. The zero-order valence-corrected chi connectivity index (χ0v) is 22.0. The van der Waals surface area contributed by atoms with E-state index in [2.05, 4.69) is 15.5 Å². The maximum absolute atomic E-state index is 13.9. The number of tetrazole rings is 1. The molecule has 0 saturated carbocycles. The third-order valence-corrected chi connectivity index (χ3v) is 7.83. The molecule has 0 unspecified atom stereocenters. The first-order valence-corrected chi connectivity index (χ1v) is 13.0. The Kier molecular flexibility index (Phi) is 8.04. The molecule has 4 rings (SSSR count). The lowest BCUT2D eigenvalue weighted by molar-refractivity contribution is 0.354. The molecule has 0 spiro atoms. The highest BCUT2D eigenvalue weighted by molar-refractivity contribution is 7.89. The number of nitrogens with zero attached hydrogens (tertiary/aromatic N) is 5. The van der Waals surface area contributed by atoms with Gasteiger partial charge in [-0.15, -0.1) is 5.10 Å². The minimum absolute atomic E-state index is 0.181. The molecule has 0 aliphatic rings. The van der Waals surface area contributed by atoms with Crippen molar-refractivity contribution in [3.05, 3.63) is 83.7 Å². The van der Waals surface area contributed by atoms with Crippen LogP contribution in [0.3, 0.4) is 0 Å². The summed E-state index contributed by atoms with van der Waals surface area (Å²) in [4.78, 5) is 0.192. The number of aryl methyl sites for hydroxylation is 1. The van der Waals surface area contributed by atoms with E-state index < -0.39 is 10.0 Å². The van der Waals surface area contributed by atoms with Crippen LogP contribution < -0.4 is 14.2 Å². The standard InChI is InChI=1S/C26H29N5O5S/c1-19-14-23(9-10-24(19)31-18-27-28-29-31)37(32,33)30(17-21-6-5-7-22(15-21)34-2)13-12-20-8-11-25(35-3)26(16-20)36-4/h5-11,14-16,18H,12-13,17H2,1-4H3. The Bertz CT molecular complexity index is 1460. The highest BCUT2D eigenvalue weighted by Gasteiger charge is 2.26. The summed E-state index contributed by atoms with van der Waals surface area (Å²) in [5.74, 6) is 1.87. The van der Waals surface area contributed by atoms with Crippen molar-refractivity contribution in [1.82, 2.24) is 24.5 Å². The molecule has 1 heterocycles. The van der Waals surface area contributed by atoms with E-state index in [-0.39, 0.29) is 18.0 Å². The van der Waals surface area contributed by atoms with Crippen LogP contribution in [-0.4, -0.2) is 60.8 Å². The van der Waals surface area contributed by atoms with Gasteiger partial charge in [0.2, 0.25) is 10.0 Å². The molecule has 3 aromatic carbocycles. The molecule has 0 bridgehead atoms. The molecule has 0 atom stereocenters. The predicted molar refractivity (Wildman–Crippen MR) is 138 cm³/mol. The number of benzene rings is 3. The van der Waals surface area contributed by atoms with Crippen molar-refractivity contribution in [1.29, 1.82) is 0 Å². The molecule has 0 saturated heterocycles. The molecule has 194 valence electrons. The zero-order chi connectivity index (χ0) is 26.4. The quantitative estimate of drug-likeness (QED) is 0.294. The summed E-state index contributed by atoms with van der Waals surface area (Å²) >= 11 is 0. The van der Waals surface area contributed by atoms with E-state index in [9.17, 15) is 8.42 Å². The summed E-state index contributed by atoms with van der Waals surface area (Å²) in [5, 5.41) is 11.2. The Morgan fingerprint density at radius 2 is 1.70 bits per heavy atom. The van der Waals surface area contributed by atoms with Crippen molar-refractivity contribution in [3.63, 3.8) is 0 Å². The molecular formula is C26H29N5O5S. The van der Waals surface area contributed by atoms with Gasteiger partial charge in [-0.05, 0) is 82.9 Å². The van der Waals surface area contributed by atoms with Gasteiger partial charge in [-0.25, -0.2) is 13.1 Å². The number of hydrogen-bond donors (Lipinski definition) is 0. The monoisotopic (exact) mass is 523 g/mol. The van der Waals surface area contributed by atoms with Crippen LogP contribution in [0.25, 0.3) is 5.69 Å². The Balaban J connectivity index is 1.66. The fourth-order valence-electron chi connectivity index (χ4n) is 4.01. The van der Waals surface area contributed by atoms with Gasteiger partial charge < -0.3 is 14.2 Å². The van der Waals surface area contributed by atoms with E-state index in [4.69, 9.17) is 14.2 Å². The molecule has 0 N–H and O–H groups in total. The normalized spacial score (nSPS) is 11.5. The lowest BCUT2D eigenvalue weighted by Gasteiger charge is -2.23. The summed E-state index contributed by atoms with van der Waals surface area (Å²) < 4.78 is 46.8. The molecule has 0 radical (unpaired) electrons. The Labute approximate surface area is 216 Å². The second-order valence-corrected chi connectivity index (χ2v) is 10.3. The van der Waals surface area contributed by atoms with Gasteiger partial charge in [0.15, 0.2) is 11.5 Å². The molecule has 1 aromatic heterocycles. The van der Waals surface area contributed by atoms with Crippen molar-refractivity contribution in [2.24, 2.45) is 0 Å². The number of aromatic nitrogens is 4. The first-order chi connectivity index (χ1) is 17.8. The molecule has 0 fully saturated rings. The van der Waals surface area contributed by atoms with Gasteiger partial charge in [0.05, 0.1) is 31.9 Å². The van der Waals surface area contributed by atoms with E-state index in [0.29, 0.717) is 29.4 Å². The smallest absolute Gasteiger partial charge is 0.243 e. The fraction of sp³-hybridized carbons (Fsp3) is 0.269. The Hall–Kier alpha value is -3.96. The molecule has 4 aromatic rings. The number of methoxy groups -OCH3 is 3. The van der Waals surface area contributed by atoms with Crippen molar-refractivity contribution in [3.8, 4) is 22.9 Å². The van der Waals surface area contributed by atoms with E-state index >= 15 is 0 Å². The second kappa shape index (κ2) is 11.4. The van der Waals surface area contributed by atoms with Crippen LogP contribution >= 0.6 is 0 Å². The molecule has 0 aliphatic carbocycles. The van der Waals surface area contributed by atoms with Crippen LogP contribution in [0.15, 0.2) is 71.9 Å². The first-order valence-electron chi connectivity index (χ1n) is 11.5. The van der Waals surface area contributed by atoms with E-state index in [1.54, 1.807) is 39.5 Å². The highest BCUT2D eigenvalue weighted by atomic mass is 32.2. The second-order valence-electron chi connectivity index (χ2n) is 8.33. The Morgan fingerprint density at radius 1 is 0.892 bits per heavy atom. The summed E-state index contributed by atoms with van der Waals surface area (Å²) in [6.45, 7) is 2.26. The zero-order valence-electron chi connectivity index (χ0n) is 21.2. The lowest BCUT2D eigenvalue weighted by Crippen LogP contribution is -2.32. The number of ether oxygens (including phenoxy) is 3. The van der Waals surface area contributed by atoms with Gasteiger partial charge in [-0.3, -0.25) is 0 Å². The van der Waals surface area contributed by atoms with Crippen LogP contribution in [0.5, 0.6) is 17.2 Å². The van der Waals surface area contributed by atoms with Crippen LogP contribution in [0.1, 0.15) is 16.7 Å². The fourth-order valence-corrected chi connectivity index (χ4v) is 5.53. The van der Waals surface area contributed by atoms with E-state index in [0.717, 1.165) is 16.7 Å². The molecule has 11 heteroatoms. The van der Waals surface area contributed by atoms with Crippen LogP contribution in [0.4, 0.5) is 0 Å².